The lowest BCUT2D eigenvalue weighted by atomic mass is 10.2. The molecule has 23 heavy (non-hydrogen) atoms. The van der Waals surface area contributed by atoms with Crippen molar-refractivity contribution in [2.45, 2.75) is 44.9 Å². The summed E-state index contributed by atoms with van der Waals surface area (Å²) < 4.78 is 37.2. The lowest BCUT2D eigenvalue weighted by molar-refractivity contribution is -0.111. The molecule has 0 unspecified atom stereocenters. The topological polar surface area (TPSA) is 55.8 Å². The number of hydrogen-bond donors (Lipinski definition) is 0. The average Bonchev–Trinajstić information content (AvgIpc) is 2.83. The molecule has 2 atom stereocenters. The number of halogens is 2. The highest BCUT2D eigenvalue weighted by atomic mass is 19.1. The molecule has 1 aromatic carbocycles. The zero-order valence-corrected chi connectivity index (χ0v) is 13.2. The van der Waals surface area contributed by atoms with E-state index in [1.54, 1.807) is 20.8 Å². The molecule has 1 heterocycles. The number of carbonyl (C=O) groups excluding carboxylic acids is 2. The first-order valence-electron chi connectivity index (χ1n) is 7.26. The summed E-state index contributed by atoms with van der Waals surface area (Å²) >= 11 is 0. The maximum atomic E-state index is 13.6. The van der Waals surface area contributed by atoms with Crippen LogP contribution in [0.4, 0.5) is 13.6 Å². The summed E-state index contributed by atoms with van der Waals surface area (Å²) in [5.41, 5.74) is -0.688. The Morgan fingerprint density at radius 3 is 2.61 bits per heavy atom. The van der Waals surface area contributed by atoms with E-state index < -0.39 is 35.5 Å². The minimum atomic E-state index is -0.830. The molecule has 0 radical (unpaired) electrons. The quantitative estimate of drug-likeness (QED) is 0.801. The third-order valence-electron chi connectivity index (χ3n) is 3.28. The van der Waals surface area contributed by atoms with Crippen molar-refractivity contribution in [1.29, 1.82) is 0 Å². The Morgan fingerprint density at radius 2 is 2.04 bits per heavy atom. The Hall–Kier alpha value is -2.18. The van der Waals surface area contributed by atoms with Gasteiger partial charge in [-0.25, -0.2) is 13.6 Å². The van der Waals surface area contributed by atoms with Crippen molar-refractivity contribution in [3.05, 3.63) is 29.8 Å². The van der Waals surface area contributed by atoms with Gasteiger partial charge in [0.1, 0.15) is 23.8 Å². The Bertz CT molecular complexity index is 600. The summed E-state index contributed by atoms with van der Waals surface area (Å²) in [7, 11) is 0. The monoisotopic (exact) mass is 327 g/mol. The highest BCUT2D eigenvalue weighted by Crippen LogP contribution is 2.26. The van der Waals surface area contributed by atoms with Gasteiger partial charge in [0.15, 0.2) is 11.6 Å². The molecule has 1 saturated heterocycles. The maximum absolute atomic E-state index is 13.6. The van der Waals surface area contributed by atoms with Crippen molar-refractivity contribution < 1.29 is 27.8 Å². The van der Waals surface area contributed by atoms with E-state index >= 15 is 0 Å². The molecule has 0 N–H and O–H groups in total. The second-order valence-electron chi connectivity index (χ2n) is 6.39. The van der Waals surface area contributed by atoms with Crippen molar-refractivity contribution >= 4 is 12.4 Å². The number of ether oxygens (including phenoxy) is 2. The molecule has 1 amide bonds. The number of carbonyl (C=O) groups is 2. The molecule has 0 saturated carbocycles. The molecule has 126 valence electrons. The van der Waals surface area contributed by atoms with Gasteiger partial charge in [0.05, 0.1) is 12.6 Å². The van der Waals surface area contributed by atoms with Crippen LogP contribution in [0.2, 0.25) is 0 Å². The van der Waals surface area contributed by atoms with Crippen molar-refractivity contribution in [1.82, 2.24) is 4.90 Å². The Kier molecular flexibility index (Phi) is 4.87. The van der Waals surface area contributed by atoms with Crippen LogP contribution >= 0.6 is 0 Å². The van der Waals surface area contributed by atoms with E-state index in [2.05, 4.69) is 0 Å². The summed E-state index contributed by atoms with van der Waals surface area (Å²) in [4.78, 5) is 24.5. The van der Waals surface area contributed by atoms with Gasteiger partial charge in [-0.15, -0.1) is 0 Å². The van der Waals surface area contributed by atoms with Crippen LogP contribution in [0.3, 0.4) is 0 Å². The van der Waals surface area contributed by atoms with E-state index in [9.17, 15) is 18.4 Å². The van der Waals surface area contributed by atoms with Crippen molar-refractivity contribution in [2.24, 2.45) is 0 Å². The third kappa shape index (κ3) is 4.40. The molecule has 2 rings (SSSR count). The molecule has 1 fully saturated rings. The van der Waals surface area contributed by atoms with Gasteiger partial charge in [-0.2, -0.15) is 0 Å². The zero-order chi connectivity index (χ0) is 17.2. The first kappa shape index (κ1) is 17.2. The lowest BCUT2D eigenvalue weighted by Crippen LogP contribution is -2.41. The normalized spacial score (nSPS) is 21.2. The smallest absolute Gasteiger partial charge is 0.411 e. The predicted molar refractivity (Wildman–Crippen MR) is 78.2 cm³/mol. The van der Waals surface area contributed by atoms with E-state index in [0.29, 0.717) is 12.4 Å². The number of benzene rings is 1. The fraction of sp³-hybridized carbons (Fsp3) is 0.500. The molecule has 1 aliphatic rings. The second-order valence-corrected chi connectivity index (χ2v) is 6.39. The Balaban J connectivity index is 2.06. The molecule has 1 aliphatic heterocycles. The molecular weight excluding hydrogens is 308 g/mol. The van der Waals surface area contributed by atoms with Crippen LogP contribution < -0.4 is 4.74 Å². The number of nitrogens with zero attached hydrogens (tertiary/aromatic N) is 1. The third-order valence-corrected chi connectivity index (χ3v) is 3.28. The number of amides is 1. The van der Waals surface area contributed by atoms with Gasteiger partial charge >= 0.3 is 6.09 Å². The molecule has 0 bridgehead atoms. The summed E-state index contributed by atoms with van der Waals surface area (Å²) in [6, 6.07) is 2.28. The fourth-order valence-corrected chi connectivity index (χ4v) is 2.32. The van der Waals surface area contributed by atoms with Gasteiger partial charge in [-0.05, 0) is 32.9 Å². The van der Waals surface area contributed by atoms with Crippen LogP contribution in [-0.2, 0) is 9.53 Å². The first-order chi connectivity index (χ1) is 10.7. The predicted octanol–water partition coefficient (Wildman–Crippen LogP) is 2.92. The van der Waals surface area contributed by atoms with Gasteiger partial charge < -0.3 is 14.3 Å². The van der Waals surface area contributed by atoms with E-state index in [4.69, 9.17) is 9.47 Å². The SMILES string of the molecule is CC(C)(C)OC(=O)N1C[C@H](Oc2ccc(F)cc2F)C[C@H]1C=O. The minimum Gasteiger partial charge on any atom is -0.485 e. The minimum absolute atomic E-state index is 0.0924. The van der Waals surface area contributed by atoms with E-state index in [1.807, 2.05) is 0 Å². The van der Waals surface area contributed by atoms with Crippen molar-refractivity contribution in [3.8, 4) is 5.75 Å². The highest BCUT2D eigenvalue weighted by molar-refractivity contribution is 5.74. The van der Waals surface area contributed by atoms with E-state index in [1.165, 1.54) is 11.0 Å². The Morgan fingerprint density at radius 1 is 1.35 bits per heavy atom. The van der Waals surface area contributed by atoms with Crippen LogP contribution in [0.5, 0.6) is 5.75 Å². The van der Waals surface area contributed by atoms with Crippen LogP contribution in [0.25, 0.3) is 0 Å². The van der Waals surface area contributed by atoms with Crippen LogP contribution in [0.15, 0.2) is 18.2 Å². The summed E-state index contributed by atoms with van der Waals surface area (Å²) in [6.07, 6.45) is -0.341. The summed E-state index contributed by atoms with van der Waals surface area (Å²) in [5.74, 6) is -1.65. The second kappa shape index (κ2) is 6.52. The lowest BCUT2D eigenvalue weighted by Gasteiger charge is -2.26. The van der Waals surface area contributed by atoms with Gasteiger partial charge in [-0.3, -0.25) is 4.90 Å². The number of rotatable bonds is 3. The van der Waals surface area contributed by atoms with Crippen LogP contribution in [0.1, 0.15) is 27.2 Å². The largest absolute Gasteiger partial charge is 0.485 e. The molecule has 1 aromatic rings. The van der Waals surface area contributed by atoms with Gasteiger partial charge in [0, 0.05) is 12.5 Å². The summed E-state index contributed by atoms with van der Waals surface area (Å²) in [5, 5.41) is 0. The molecule has 0 aliphatic carbocycles. The van der Waals surface area contributed by atoms with Gasteiger partial charge in [0.25, 0.3) is 0 Å². The average molecular weight is 327 g/mol. The number of likely N-dealkylation sites (tertiary alicyclic amines) is 1. The highest BCUT2D eigenvalue weighted by Gasteiger charge is 2.38. The first-order valence-corrected chi connectivity index (χ1v) is 7.26. The molecule has 0 aromatic heterocycles. The fourth-order valence-electron chi connectivity index (χ4n) is 2.32. The summed E-state index contributed by atoms with van der Waals surface area (Å²) in [6.45, 7) is 5.26. The Labute approximate surface area is 133 Å². The molecule has 7 heteroatoms. The van der Waals surface area contributed by atoms with Gasteiger partial charge in [0.2, 0.25) is 0 Å². The van der Waals surface area contributed by atoms with E-state index in [0.717, 1.165) is 6.07 Å². The van der Waals surface area contributed by atoms with Crippen molar-refractivity contribution in [2.75, 3.05) is 6.54 Å². The van der Waals surface area contributed by atoms with Gasteiger partial charge in [-0.1, -0.05) is 0 Å². The molecule has 0 spiro atoms. The van der Waals surface area contributed by atoms with Crippen LogP contribution in [0, 0.1) is 11.6 Å². The zero-order valence-electron chi connectivity index (χ0n) is 13.2. The number of aldehydes is 1. The maximum Gasteiger partial charge on any atom is 0.411 e. The van der Waals surface area contributed by atoms with Crippen LogP contribution in [-0.4, -0.2) is 41.6 Å². The number of hydrogen-bond acceptors (Lipinski definition) is 4. The molecule has 5 nitrogen and oxygen atoms in total. The van der Waals surface area contributed by atoms with E-state index in [-0.39, 0.29) is 18.7 Å². The molecular formula is C16H19F2NO4. The van der Waals surface area contributed by atoms with Crippen molar-refractivity contribution in [3.63, 3.8) is 0 Å². The standard InChI is InChI=1S/C16H19F2NO4/c1-16(2,3)23-15(21)19-8-12(7-11(19)9-20)22-14-5-4-10(17)6-13(14)18/h4-6,9,11-12H,7-8H2,1-3H3/t11-,12+/m0/s1.